The van der Waals surface area contributed by atoms with Gasteiger partial charge >= 0.3 is 0 Å². The lowest BCUT2D eigenvalue weighted by molar-refractivity contribution is 0.619. The van der Waals surface area contributed by atoms with Gasteiger partial charge in [-0.2, -0.15) is 0 Å². The summed E-state index contributed by atoms with van der Waals surface area (Å²) in [5.74, 6) is 0.895. The predicted octanol–water partition coefficient (Wildman–Crippen LogP) is 14.6. The van der Waals surface area contributed by atoms with Gasteiger partial charge in [-0.3, -0.25) is 0 Å². The minimum absolute atomic E-state index is 0.255. The van der Waals surface area contributed by atoms with Gasteiger partial charge in [-0.1, -0.05) is 183 Å². The van der Waals surface area contributed by atoms with Crippen molar-refractivity contribution < 1.29 is 4.42 Å². The van der Waals surface area contributed by atoms with Crippen molar-refractivity contribution in [1.29, 1.82) is 0 Å². The molecule has 0 bridgehead atoms. The highest BCUT2D eigenvalue weighted by Crippen LogP contribution is 2.50. The SMILES string of the molecule is CC1(c2ccc3oc(-c4ccccc4)cc3c2)CC=C(c2c3ccccc3c(-c3ccc(-c4ccccc4)cc3)c3ccccc23)C=C1c1ccccc1. The molecule has 0 saturated carbocycles. The molecular weight excluding hydrogens is 653 g/mol. The summed E-state index contributed by atoms with van der Waals surface area (Å²) in [5, 5.41) is 6.19. The monoisotopic (exact) mass is 690 g/mol. The molecule has 1 aromatic heterocycles. The molecule has 0 aliphatic heterocycles. The molecule has 54 heavy (non-hydrogen) atoms. The zero-order valence-corrected chi connectivity index (χ0v) is 30.2. The van der Waals surface area contributed by atoms with Crippen molar-refractivity contribution in [2.75, 3.05) is 0 Å². The van der Waals surface area contributed by atoms with Crippen molar-refractivity contribution in [3.63, 3.8) is 0 Å². The number of furan rings is 1. The molecule has 1 heterocycles. The first-order valence-electron chi connectivity index (χ1n) is 18.8. The van der Waals surface area contributed by atoms with Crippen molar-refractivity contribution in [3.8, 4) is 33.6 Å². The van der Waals surface area contributed by atoms with Crippen LogP contribution in [-0.2, 0) is 5.41 Å². The predicted molar refractivity (Wildman–Crippen MR) is 228 cm³/mol. The molecule has 1 aliphatic rings. The van der Waals surface area contributed by atoms with E-state index in [2.05, 4.69) is 201 Å². The number of hydrogen-bond acceptors (Lipinski definition) is 1. The largest absolute Gasteiger partial charge is 0.456 e. The lowest BCUT2D eigenvalue weighted by Crippen LogP contribution is -2.25. The number of fused-ring (bicyclic) bond motifs is 3. The first-order valence-corrected chi connectivity index (χ1v) is 18.8. The zero-order valence-electron chi connectivity index (χ0n) is 30.2. The second-order valence-corrected chi connectivity index (χ2v) is 14.6. The molecule has 1 atom stereocenters. The van der Waals surface area contributed by atoms with Gasteiger partial charge in [0.05, 0.1) is 0 Å². The quantitative estimate of drug-likeness (QED) is 0.158. The summed E-state index contributed by atoms with van der Waals surface area (Å²) in [6.45, 7) is 2.40. The molecule has 256 valence electrons. The molecular formula is C53H38O. The van der Waals surface area contributed by atoms with Crippen LogP contribution in [0.3, 0.4) is 0 Å². The highest BCUT2D eigenvalue weighted by Gasteiger charge is 2.35. The van der Waals surface area contributed by atoms with Gasteiger partial charge in [0.25, 0.3) is 0 Å². The Hall–Kier alpha value is -6.70. The minimum Gasteiger partial charge on any atom is -0.456 e. The minimum atomic E-state index is -0.255. The number of hydrogen-bond donors (Lipinski definition) is 0. The van der Waals surface area contributed by atoms with E-state index in [1.54, 1.807) is 0 Å². The van der Waals surface area contributed by atoms with E-state index in [1.165, 1.54) is 71.6 Å². The first-order chi connectivity index (χ1) is 26.6. The Morgan fingerprint density at radius 3 is 1.56 bits per heavy atom. The van der Waals surface area contributed by atoms with E-state index in [0.717, 1.165) is 28.7 Å². The van der Waals surface area contributed by atoms with Crippen LogP contribution in [0.5, 0.6) is 0 Å². The van der Waals surface area contributed by atoms with E-state index in [9.17, 15) is 0 Å². The van der Waals surface area contributed by atoms with Gasteiger partial charge in [-0.05, 0) is 102 Å². The van der Waals surface area contributed by atoms with Crippen molar-refractivity contribution in [2.24, 2.45) is 0 Å². The molecule has 1 unspecified atom stereocenters. The Morgan fingerprint density at radius 2 is 0.944 bits per heavy atom. The summed E-state index contributed by atoms with van der Waals surface area (Å²) >= 11 is 0. The molecule has 10 rings (SSSR count). The van der Waals surface area contributed by atoms with Crippen LogP contribution in [-0.4, -0.2) is 0 Å². The summed E-state index contributed by atoms with van der Waals surface area (Å²) in [4.78, 5) is 0. The van der Waals surface area contributed by atoms with Crippen molar-refractivity contribution >= 4 is 43.7 Å². The third kappa shape index (κ3) is 5.40. The van der Waals surface area contributed by atoms with Gasteiger partial charge in [-0.15, -0.1) is 0 Å². The Kier molecular flexibility index (Phi) is 7.74. The van der Waals surface area contributed by atoms with Crippen LogP contribution in [0.1, 0.15) is 30.0 Å². The molecule has 1 heteroatoms. The molecule has 0 fully saturated rings. The fraction of sp³-hybridized carbons (Fsp3) is 0.0566. The number of rotatable bonds is 6. The van der Waals surface area contributed by atoms with E-state index in [0.29, 0.717) is 0 Å². The summed E-state index contributed by atoms with van der Waals surface area (Å²) in [5.41, 5.74) is 13.1. The molecule has 0 amide bonds. The summed E-state index contributed by atoms with van der Waals surface area (Å²) in [7, 11) is 0. The van der Waals surface area contributed by atoms with Crippen LogP contribution in [0, 0.1) is 0 Å². The van der Waals surface area contributed by atoms with E-state index in [-0.39, 0.29) is 5.41 Å². The standard InChI is InChI=1S/C53H38O/c1-53(43-29-30-49-42(33-43)35-50(54-49)39-19-9-4-10-20-39)32-31-41(34-48(53)38-17-7-3-8-18-38)52-46-23-13-11-21-44(46)51(45-22-12-14-24-47(45)52)40-27-25-37(26-28-40)36-15-5-2-6-16-36/h2-31,33-35H,32H2,1H3. The maximum atomic E-state index is 6.34. The van der Waals surface area contributed by atoms with Crippen LogP contribution >= 0.6 is 0 Å². The maximum absolute atomic E-state index is 6.34. The van der Waals surface area contributed by atoms with Crippen LogP contribution in [0.25, 0.3) is 77.2 Å². The smallest absolute Gasteiger partial charge is 0.135 e. The van der Waals surface area contributed by atoms with Crippen LogP contribution in [0.15, 0.2) is 205 Å². The highest BCUT2D eigenvalue weighted by molar-refractivity contribution is 6.20. The molecule has 1 aliphatic carbocycles. The Balaban J connectivity index is 1.13. The second kappa shape index (κ2) is 13.1. The number of benzene rings is 8. The van der Waals surface area contributed by atoms with Crippen LogP contribution < -0.4 is 0 Å². The maximum Gasteiger partial charge on any atom is 0.135 e. The van der Waals surface area contributed by atoms with Gasteiger partial charge < -0.3 is 4.42 Å². The van der Waals surface area contributed by atoms with E-state index in [1.807, 2.05) is 6.07 Å². The lowest BCUT2D eigenvalue weighted by Gasteiger charge is -2.36. The van der Waals surface area contributed by atoms with Gasteiger partial charge in [0, 0.05) is 16.4 Å². The van der Waals surface area contributed by atoms with Gasteiger partial charge in [0.15, 0.2) is 0 Å². The topological polar surface area (TPSA) is 13.1 Å². The normalized spacial score (nSPS) is 15.7. The van der Waals surface area contributed by atoms with Crippen molar-refractivity contribution in [2.45, 2.75) is 18.8 Å². The van der Waals surface area contributed by atoms with Gasteiger partial charge in [-0.25, -0.2) is 0 Å². The first kappa shape index (κ1) is 32.0. The van der Waals surface area contributed by atoms with Crippen LogP contribution in [0.4, 0.5) is 0 Å². The highest BCUT2D eigenvalue weighted by atomic mass is 16.3. The van der Waals surface area contributed by atoms with E-state index in [4.69, 9.17) is 4.42 Å². The van der Waals surface area contributed by atoms with E-state index < -0.39 is 0 Å². The Bertz CT molecular complexity index is 2820. The molecule has 9 aromatic rings. The summed E-state index contributed by atoms with van der Waals surface area (Å²) < 4.78 is 6.34. The van der Waals surface area contributed by atoms with Crippen LogP contribution in [0.2, 0.25) is 0 Å². The fourth-order valence-electron chi connectivity index (χ4n) is 8.61. The summed E-state index contributed by atoms with van der Waals surface area (Å²) in [6, 6.07) is 67.8. The molecule has 0 N–H and O–H groups in total. The molecule has 8 aromatic carbocycles. The fourth-order valence-corrected chi connectivity index (χ4v) is 8.61. The average molecular weight is 691 g/mol. The molecule has 0 spiro atoms. The molecule has 0 saturated heterocycles. The Morgan fingerprint density at radius 1 is 0.444 bits per heavy atom. The zero-order chi connectivity index (χ0) is 36.1. The average Bonchev–Trinajstić information content (AvgIpc) is 3.68. The third-order valence-corrected chi connectivity index (χ3v) is 11.4. The summed E-state index contributed by atoms with van der Waals surface area (Å²) in [6.07, 6.45) is 5.81. The van der Waals surface area contributed by atoms with Gasteiger partial charge in [0.2, 0.25) is 0 Å². The third-order valence-electron chi connectivity index (χ3n) is 11.4. The molecule has 0 radical (unpaired) electrons. The van der Waals surface area contributed by atoms with Crippen molar-refractivity contribution in [3.05, 3.63) is 217 Å². The van der Waals surface area contributed by atoms with Crippen molar-refractivity contribution in [1.82, 2.24) is 0 Å². The lowest BCUT2D eigenvalue weighted by atomic mass is 9.67. The van der Waals surface area contributed by atoms with E-state index >= 15 is 0 Å². The number of allylic oxidation sites excluding steroid dienone is 4. The molecule has 1 nitrogen and oxygen atoms in total. The second-order valence-electron chi connectivity index (χ2n) is 14.6. The Labute approximate surface area is 316 Å². The van der Waals surface area contributed by atoms with Gasteiger partial charge in [0.1, 0.15) is 11.3 Å².